The SMILES string of the molecule is Cc1ccc(C2(c3ccccc3)OC2n2ccnc2)c(C)c1. The zero-order valence-corrected chi connectivity index (χ0v) is 12.7. The maximum atomic E-state index is 6.26. The Morgan fingerprint density at radius 2 is 1.91 bits per heavy atom. The quantitative estimate of drug-likeness (QED) is 0.683. The van der Waals surface area contributed by atoms with E-state index < -0.39 is 5.60 Å². The van der Waals surface area contributed by atoms with E-state index in [1.807, 2.05) is 23.2 Å². The number of nitrogens with zero attached hydrogens (tertiary/aromatic N) is 2. The van der Waals surface area contributed by atoms with Crippen molar-refractivity contribution in [2.24, 2.45) is 0 Å². The summed E-state index contributed by atoms with van der Waals surface area (Å²) in [6, 6.07) is 17.0. The molecule has 3 heteroatoms. The van der Waals surface area contributed by atoms with Crippen LogP contribution in [0.15, 0.2) is 67.3 Å². The van der Waals surface area contributed by atoms with E-state index in [-0.39, 0.29) is 6.23 Å². The number of ether oxygens (including phenoxy) is 1. The van der Waals surface area contributed by atoms with Crippen LogP contribution in [-0.4, -0.2) is 9.55 Å². The lowest BCUT2D eigenvalue weighted by atomic mass is 9.86. The van der Waals surface area contributed by atoms with Crippen molar-refractivity contribution < 1.29 is 4.74 Å². The zero-order valence-electron chi connectivity index (χ0n) is 12.7. The molecular weight excluding hydrogens is 272 g/mol. The second-order valence-corrected chi connectivity index (χ2v) is 5.90. The van der Waals surface area contributed by atoms with Crippen LogP contribution in [0.3, 0.4) is 0 Å². The van der Waals surface area contributed by atoms with Crippen LogP contribution in [0.5, 0.6) is 0 Å². The molecule has 2 aromatic carbocycles. The molecule has 1 aliphatic rings. The highest BCUT2D eigenvalue weighted by Crippen LogP contribution is 2.59. The van der Waals surface area contributed by atoms with Crippen LogP contribution in [0, 0.1) is 13.8 Å². The predicted molar refractivity (Wildman–Crippen MR) is 85.5 cm³/mol. The number of imidazole rings is 1. The van der Waals surface area contributed by atoms with E-state index in [9.17, 15) is 0 Å². The maximum Gasteiger partial charge on any atom is 0.174 e. The number of benzene rings is 2. The van der Waals surface area contributed by atoms with Gasteiger partial charge in [0.15, 0.2) is 11.8 Å². The third-order valence-electron chi connectivity index (χ3n) is 4.37. The summed E-state index contributed by atoms with van der Waals surface area (Å²) in [4.78, 5) is 4.16. The third kappa shape index (κ3) is 1.90. The van der Waals surface area contributed by atoms with Crippen molar-refractivity contribution in [2.45, 2.75) is 25.7 Å². The first-order valence-electron chi connectivity index (χ1n) is 7.50. The third-order valence-corrected chi connectivity index (χ3v) is 4.37. The molecule has 2 heterocycles. The van der Waals surface area contributed by atoms with Gasteiger partial charge in [-0.2, -0.15) is 0 Å². The fourth-order valence-electron chi connectivity index (χ4n) is 3.30. The lowest BCUT2D eigenvalue weighted by Gasteiger charge is -2.17. The topological polar surface area (TPSA) is 30.4 Å². The second-order valence-electron chi connectivity index (χ2n) is 5.90. The van der Waals surface area contributed by atoms with Gasteiger partial charge < -0.3 is 9.30 Å². The van der Waals surface area contributed by atoms with Gasteiger partial charge in [-0.3, -0.25) is 0 Å². The van der Waals surface area contributed by atoms with E-state index in [1.54, 1.807) is 6.20 Å². The fraction of sp³-hybridized carbons (Fsp3) is 0.211. The van der Waals surface area contributed by atoms with Crippen LogP contribution in [0.1, 0.15) is 28.5 Å². The molecule has 3 nitrogen and oxygen atoms in total. The average molecular weight is 290 g/mol. The van der Waals surface area contributed by atoms with Gasteiger partial charge in [0.1, 0.15) is 0 Å². The highest BCUT2D eigenvalue weighted by molar-refractivity contribution is 5.46. The summed E-state index contributed by atoms with van der Waals surface area (Å²) in [6.07, 6.45) is 5.52. The molecule has 3 aromatic rings. The summed E-state index contributed by atoms with van der Waals surface area (Å²) in [6.45, 7) is 4.27. The average Bonchev–Trinajstić information content (AvgIpc) is 3.03. The van der Waals surface area contributed by atoms with Crippen molar-refractivity contribution in [3.05, 3.63) is 89.5 Å². The van der Waals surface area contributed by atoms with Crippen LogP contribution in [-0.2, 0) is 10.3 Å². The van der Waals surface area contributed by atoms with E-state index >= 15 is 0 Å². The fourth-order valence-corrected chi connectivity index (χ4v) is 3.30. The predicted octanol–water partition coefficient (Wildman–Crippen LogP) is 3.97. The normalized spacial score (nSPS) is 23.5. The Kier molecular flexibility index (Phi) is 2.91. The minimum absolute atomic E-state index is 0.0428. The van der Waals surface area contributed by atoms with E-state index in [4.69, 9.17) is 4.74 Å². The summed E-state index contributed by atoms with van der Waals surface area (Å²) in [5.74, 6) is 0. The molecule has 0 saturated carbocycles. The summed E-state index contributed by atoms with van der Waals surface area (Å²) in [5, 5.41) is 0. The lowest BCUT2D eigenvalue weighted by molar-refractivity contribution is 0.303. The highest BCUT2D eigenvalue weighted by atomic mass is 16.6. The highest BCUT2D eigenvalue weighted by Gasteiger charge is 2.60. The molecule has 0 aliphatic carbocycles. The molecule has 110 valence electrons. The standard InChI is InChI=1S/C19H18N2O/c1-14-8-9-17(15(2)12-14)19(16-6-4-3-5-7-16)18(22-19)21-11-10-20-13-21/h3-13,18H,1-2H3. The molecule has 2 unspecified atom stereocenters. The number of aryl methyl sites for hydroxylation is 2. The van der Waals surface area contributed by atoms with E-state index in [0.717, 1.165) is 0 Å². The van der Waals surface area contributed by atoms with Gasteiger partial charge in [0.25, 0.3) is 0 Å². The molecule has 22 heavy (non-hydrogen) atoms. The van der Waals surface area contributed by atoms with Crippen molar-refractivity contribution in [3.63, 3.8) is 0 Å². The number of hydrogen-bond donors (Lipinski definition) is 0. The first-order valence-corrected chi connectivity index (χ1v) is 7.50. The molecule has 0 amide bonds. The second kappa shape index (κ2) is 4.82. The van der Waals surface area contributed by atoms with E-state index in [1.165, 1.54) is 22.3 Å². The minimum atomic E-state index is -0.417. The number of hydrogen-bond acceptors (Lipinski definition) is 2. The summed E-state index contributed by atoms with van der Waals surface area (Å²) < 4.78 is 8.30. The molecule has 0 bridgehead atoms. The summed E-state index contributed by atoms with van der Waals surface area (Å²) in [5.41, 5.74) is 4.51. The Bertz CT molecular complexity index is 796. The lowest BCUT2D eigenvalue weighted by Crippen LogP contribution is -2.16. The Balaban J connectivity index is 1.88. The molecular formula is C19H18N2O. The molecule has 1 saturated heterocycles. The van der Waals surface area contributed by atoms with Crippen LogP contribution >= 0.6 is 0 Å². The van der Waals surface area contributed by atoms with Crippen molar-refractivity contribution in [3.8, 4) is 0 Å². The van der Waals surface area contributed by atoms with Crippen molar-refractivity contribution >= 4 is 0 Å². The summed E-state index contributed by atoms with van der Waals surface area (Å²) in [7, 11) is 0. The molecule has 1 aliphatic heterocycles. The molecule has 0 N–H and O–H groups in total. The van der Waals surface area contributed by atoms with Gasteiger partial charge in [0, 0.05) is 12.4 Å². The first kappa shape index (κ1) is 13.3. The van der Waals surface area contributed by atoms with Gasteiger partial charge in [-0.15, -0.1) is 0 Å². The van der Waals surface area contributed by atoms with E-state index in [2.05, 4.69) is 61.3 Å². The van der Waals surface area contributed by atoms with Gasteiger partial charge in [0.05, 0.1) is 6.33 Å². The van der Waals surface area contributed by atoms with Crippen LogP contribution in [0.4, 0.5) is 0 Å². The van der Waals surface area contributed by atoms with Gasteiger partial charge in [-0.1, -0.05) is 54.1 Å². The monoisotopic (exact) mass is 290 g/mol. The Morgan fingerprint density at radius 1 is 1.09 bits per heavy atom. The molecule has 0 radical (unpaired) electrons. The number of rotatable bonds is 3. The van der Waals surface area contributed by atoms with Crippen LogP contribution < -0.4 is 0 Å². The van der Waals surface area contributed by atoms with Crippen molar-refractivity contribution in [1.82, 2.24) is 9.55 Å². The Labute approximate surface area is 130 Å². The summed E-state index contributed by atoms with van der Waals surface area (Å²) >= 11 is 0. The van der Waals surface area contributed by atoms with Gasteiger partial charge in [0.2, 0.25) is 0 Å². The van der Waals surface area contributed by atoms with Gasteiger partial charge in [-0.25, -0.2) is 4.98 Å². The zero-order chi connectivity index (χ0) is 15.2. The Morgan fingerprint density at radius 3 is 2.59 bits per heavy atom. The largest absolute Gasteiger partial charge is 0.333 e. The van der Waals surface area contributed by atoms with Gasteiger partial charge >= 0.3 is 0 Å². The van der Waals surface area contributed by atoms with Crippen molar-refractivity contribution in [2.75, 3.05) is 0 Å². The molecule has 1 aromatic heterocycles. The first-order chi connectivity index (χ1) is 10.7. The van der Waals surface area contributed by atoms with Crippen LogP contribution in [0.2, 0.25) is 0 Å². The Hall–Kier alpha value is -2.39. The number of aromatic nitrogens is 2. The molecule has 4 rings (SSSR count). The maximum absolute atomic E-state index is 6.26. The van der Waals surface area contributed by atoms with E-state index in [0.29, 0.717) is 0 Å². The number of epoxide rings is 1. The van der Waals surface area contributed by atoms with Gasteiger partial charge in [-0.05, 0) is 30.5 Å². The van der Waals surface area contributed by atoms with Crippen LogP contribution in [0.25, 0.3) is 0 Å². The minimum Gasteiger partial charge on any atom is -0.333 e. The molecule has 2 atom stereocenters. The molecule has 0 spiro atoms. The van der Waals surface area contributed by atoms with Crippen molar-refractivity contribution in [1.29, 1.82) is 0 Å². The molecule has 1 fully saturated rings. The smallest absolute Gasteiger partial charge is 0.174 e.